The maximum absolute atomic E-state index is 13.0. The van der Waals surface area contributed by atoms with E-state index in [1.54, 1.807) is 4.57 Å². The fourth-order valence-corrected chi connectivity index (χ4v) is 3.23. The third kappa shape index (κ3) is 4.24. The lowest BCUT2D eigenvalue weighted by atomic mass is 10.1. The highest BCUT2D eigenvalue weighted by Gasteiger charge is 2.15. The molecule has 0 amide bonds. The topological polar surface area (TPSA) is 34.9 Å². The zero-order valence-corrected chi connectivity index (χ0v) is 16.3. The van der Waals surface area contributed by atoms with Crippen molar-refractivity contribution in [2.45, 2.75) is 52.9 Å². The predicted molar refractivity (Wildman–Crippen MR) is 104 cm³/mol. The molecule has 0 atom stereocenters. The molecule has 2 aromatic rings. The molecule has 0 aliphatic rings. The van der Waals surface area contributed by atoms with Gasteiger partial charge in [-0.1, -0.05) is 69.7 Å². The molecule has 0 fully saturated rings. The van der Waals surface area contributed by atoms with Gasteiger partial charge in [-0.2, -0.15) is 0 Å². The lowest BCUT2D eigenvalue weighted by molar-refractivity contribution is 0.743. The molecule has 0 aliphatic heterocycles. The summed E-state index contributed by atoms with van der Waals surface area (Å²) in [7, 11) is -1.46. The van der Waals surface area contributed by atoms with Crippen LogP contribution in [0, 0.1) is 11.5 Å². The van der Waals surface area contributed by atoms with Crippen molar-refractivity contribution in [3.05, 3.63) is 51.9 Å². The zero-order chi connectivity index (χ0) is 17.7. The van der Waals surface area contributed by atoms with Crippen molar-refractivity contribution in [3.63, 3.8) is 0 Å². The number of aryl methyl sites for hydroxylation is 1. The lowest BCUT2D eigenvalue weighted by Crippen LogP contribution is -2.28. The summed E-state index contributed by atoms with van der Waals surface area (Å²) in [6.07, 6.45) is 1.46. The van der Waals surface area contributed by atoms with Crippen molar-refractivity contribution in [1.82, 2.24) is 9.55 Å². The predicted octanol–water partition coefficient (Wildman–Crippen LogP) is 3.92. The van der Waals surface area contributed by atoms with Crippen LogP contribution in [0.3, 0.4) is 0 Å². The van der Waals surface area contributed by atoms with Crippen LogP contribution in [0.5, 0.6) is 0 Å². The zero-order valence-electron chi connectivity index (χ0n) is 15.3. The Morgan fingerprint density at radius 1 is 1.08 bits per heavy atom. The van der Waals surface area contributed by atoms with E-state index in [9.17, 15) is 4.79 Å². The van der Waals surface area contributed by atoms with Crippen LogP contribution < -0.4 is 5.56 Å². The monoisotopic (exact) mass is 338 g/mol. The first kappa shape index (κ1) is 18.2. The summed E-state index contributed by atoms with van der Waals surface area (Å²) >= 11 is 0. The van der Waals surface area contributed by atoms with E-state index in [2.05, 4.69) is 31.1 Å². The summed E-state index contributed by atoms with van der Waals surface area (Å²) in [5, 5.41) is 0. The lowest BCUT2D eigenvalue weighted by Gasteiger charge is -2.15. The summed E-state index contributed by atoms with van der Waals surface area (Å²) in [4.78, 5) is 17.8. The Labute approximate surface area is 145 Å². The van der Waals surface area contributed by atoms with Gasteiger partial charge >= 0.3 is 0 Å². The van der Waals surface area contributed by atoms with Crippen LogP contribution in [-0.2, 0) is 19.4 Å². The largest absolute Gasteiger partial charge is 0.281 e. The quantitative estimate of drug-likeness (QED) is 0.626. The smallest absolute Gasteiger partial charge is 0.258 e. The number of aromatic nitrogens is 2. The SMILES string of the molecule is CCc1nc(-c2ccccc2)n(CC#C[Si](C)(C)C)c(=O)c1CC. The second-order valence-corrected chi connectivity index (χ2v) is 11.6. The molecule has 0 saturated carbocycles. The standard InChI is InChI=1S/C20H26N2OSi/c1-6-17-18(7-2)21-19(16-12-9-8-10-13-16)22(20(17)23)14-11-15-24(3,4)5/h8-10,12-13H,6-7,14H2,1-5H3. The van der Waals surface area contributed by atoms with Gasteiger partial charge in [-0.15, -0.1) is 5.54 Å². The molecule has 1 aromatic carbocycles. The van der Waals surface area contributed by atoms with Gasteiger partial charge < -0.3 is 0 Å². The Kier molecular flexibility index (Phi) is 5.79. The third-order valence-electron chi connectivity index (χ3n) is 3.77. The molecule has 24 heavy (non-hydrogen) atoms. The summed E-state index contributed by atoms with van der Waals surface area (Å²) in [6, 6.07) is 9.90. The minimum atomic E-state index is -1.46. The van der Waals surface area contributed by atoms with Crippen LogP contribution >= 0.6 is 0 Å². The molecule has 4 heteroatoms. The van der Waals surface area contributed by atoms with E-state index in [1.807, 2.05) is 44.2 Å². The Hall–Kier alpha value is -2.12. The average molecular weight is 339 g/mol. The van der Waals surface area contributed by atoms with E-state index in [0.717, 1.165) is 29.1 Å². The van der Waals surface area contributed by atoms with Crippen molar-refractivity contribution in [2.75, 3.05) is 0 Å². The van der Waals surface area contributed by atoms with Gasteiger partial charge in [0, 0.05) is 11.1 Å². The summed E-state index contributed by atoms with van der Waals surface area (Å²) in [6.45, 7) is 11.1. The number of nitrogens with zero attached hydrogens (tertiary/aromatic N) is 2. The van der Waals surface area contributed by atoms with Crippen LogP contribution in [-0.4, -0.2) is 17.6 Å². The Bertz CT molecular complexity index is 821. The van der Waals surface area contributed by atoms with Crippen LogP contribution in [0.15, 0.2) is 35.1 Å². The number of rotatable bonds is 4. The van der Waals surface area contributed by atoms with Gasteiger partial charge in [-0.25, -0.2) is 4.98 Å². The normalized spacial score (nSPS) is 11.0. The second-order valence-electron chi connectivity index (χ2n) is 6.88. The van der Waals surface area contributed by atoms with Gasteiger partial charge in [-0.3, -0.25) is 9.36 Å². The Balaban J connectivity index is 2.65. The van der Waals surface area contributed by atoms with Gasteiger partial charge in [0.15, 0.2) is 0 Å². The molecule has 1 aromatic heterocycles. The van der Waals surface area contributed by atoms with E-state index in [0.29, 0.717) is 13.0 Å². The second kappa shape index (κ2) is 7.63. The van der Waals surface area contributed by atoms with Crippen LogP contribution in [0.1, 0.15) is 25.1 Å². The molecule has 0 saturated heterocycles. The fraction of sp³-hybridized carbons (Fsp3) is 0.400. The van der Waals surface area contributed by atoms with E-state index >= 15 is 0 Å². The van der Waals surface area contributed by atoms with Crippen molar-refractivity contribution in [2.24, 2.45) is 0 Å². The summed E-state index contributed by atoms with van der Waals surface area (Å²) < 4.78 is 1.74. The van der Waals surface area contributed by atoms with Crippen molar-refractivity contribution in [3.8, 4) is 22.9 Å². The van der Waals surface area contributed by atoms with E-state index < -0.39 is 8.07 Å². The molecule has 0 bridgehead atoms. The van der Waals surface area contributed by atoms with Gasteiger partial charge in [0.25, 0.3) is 5.56 Å². The van der Waals surface area contributed by atoms with Crippen LogP contribution in [0.2, 0.25) is 19.6 Å². The molecule has 126 valence electrons. The molecular formula is C20H26N2OSi. The summed E-state index contributed by atoms with van der Waals surface area (Å²) in [5.74, 6) is 3.94. The highest BCUT2D eigenvalue weighted by Crippen LogP contribution is 2.17. The molecule has 0 unspecified atom stereocenters. The number of hydrogen-bond donors (Lipinski definition) is 0. The molecule has 0 aliphatic carbocycles. The molecule has 1 heterocycles. The van der Waals surface area contributed by atoms with Crippen LogP contribution in [0.25, 0.3) is 11.4 Å². The maximum atomic E-state index is 13.0. The Morgan fingerprint density at radius 3 is 2.29 bits per heavy atom. The first-order chi connectivity index (χ1) is 11.4. The van der Waals surface area contributed by atoms with Crippen molar-refractivity contribution in [1.29, 1.82) is 0 Å². The first-order valence-electron chi connectivity index (χ1n) is 8.55. The highest BCUT2D eigenvalue weighted by atomic mass is 28.3. The first-order valence-corrected chi connectivity index (χ1v) is 12.1. The third-order valence-corrected chi connectivity index (χ3v) is 4.70. The van der Waals surface area contributed by atoms with Crippen LogP contribution in [0.4, 0.5) is 0 Å². The molecule has 0 N–H and O–H groups in total. The van der Waals surface area contributed by atoms with Crippen molar-refractivity contribution < 1.29 is 0 Å². The van der Waals surface area contributed by atoms with E-state index in [4.69, 9.17) is 4.98 Å². The number of benzene rings is 1. The minimum absolute atomic E-state index is 0.0491. The number of hydrogen-bond acceptors (Lipinski definition) is 2. The van der Waals surface area contributed by atoms with Gasteiger partial charge in [0.2, 0.25) is 0 Å². The average Bonchev–Trinajstić information content (AvgIpc) is 2.55. The molecular weight excluding hydrogens is 312 g/mol. The van der Waals surface area contributed by atoms with E-state index in [1.165, 1.54) is 0 Å². The fourth-order valence-electron chi connectivity index (χ4n) is 2.62. The summed E-state index contributed by atoms with van der Waals surface area (Å²) in [5.41, 5.74) is 6.06. The minimum Gasteiger partial charge on any atom is -0.281 e. The van der Waals surface area contributed by atoms with Crippen molar-refractivity contribution >= 4 is 8.07 Å². The maximum Gasteiger partial charge on any atom is 0.258 e. The van der Waals surface area contributed by atoms with E-state index in [-0.39, 0.29) is 5.56 Å². The molecule has 3 nitrogen and oxygen atoms in total. The van der Waals surface area contributed by atoms with Gasteiger partial charge in [0.05, 0.1) is 12.2 Å². The van der Waals surface area contributed by atoms with Gasteiger partial charge in [0.1, 0.15) is 13.9 Å². The molecule has 2 rings (SSSR count). The molecule has 0 spiro atoms. The molecule has 0 radical (unpaired) electrons. The van der Waals surface area contributed by atoms with Gasteiger partial charge in [-0.05, 0) is 12.8 Å². The highest BCUT2D eigenvalue weighted by molar-refractivity contribution is 6.83. The Morgan fingerprint density at radius 2 is 1.75 bits per heavy atom.